The maximum absolute atomic E-state index is 13.2. The normalized spacial score (nSPS) is 11.5. The molecule has 7 nitrogen and oxygen atoms in total. The van der Waals surface area contributed by atoms with Crippen molar-refractivity contribution in [3.63, 3.8) is 0 Å². The molecule has 0 bridgehead atoms. The lowest BCUT2D eigenvalue weighted by molar-refractivity contribution is -0.140. The fraction of sp³-hybridized carbons (Fsp3) is 0.200. The van der Waals surface area contributed by atoms with E-state index in [0.717, 1.165) is 21.1 Å². The van der Waals surface area contributed by atoms with Gasteiger partial charge in [-0.05, 0) is 30.2 Å². The summed E-state index contributed by atoms with van der Waals surface area (Å²) in [5.74, 6) is -0.632. The topological polar surface area (TPSA) is 81.5 Å². The summed E-state index contributed by atoms with van der Waals surface area (Å²) in [5.41, 5.74) is 2.49. The highest BCUT2D eigenvalue weighted by molar-refractivity contribution is 7.89. The standard InChI is InChI=1S/C20H21N3O4S/c1-16-8-6-7-9-17(16)13-22(15-20(24)27-2)28(25,26)19-12-21-23(14-19)18-10-4-3-5-11-18/h3-12,14H,13,15H2,1-2H3. The van der Waals surface area contributed by atoms with Crippen molar-refractivity contribution in [3.8, 4) is 5.69 Å². The Morgan fingerprint density at radius 2 is 1.79 bits per heavy atom. The van der Waals surface area contributed by atoms with Gasteiger partial charge in [-0.3, -0.25) is 4.79 Å². The molecular formula is C20H21N3O4S. The van der Waals surface area contributed by atoms with E-state index >= 15 is 0 Å². The van der Waals surface area contributed by atoms with E-state index in [1.54, 1.807) is 0 Å². The van der Waals surface area contributed by atoms with Crippen LogP contribution in [-0.4, -0.2) is 42.1 Å². The first kappa shape index (κ1) is 19.8. The molecule has 2 aromatic carbocycles. The fourth-order valence-corrected chi connectivity index (χ4v) is 4.02. The van der Waals surface area contributed by atoms with Gasteiger partial charge in [-0.25, -0.2) is 13.1 Å². The first-order valence-corrected chi connectivity index (χ1v) is 10.1. The number of benzene rings is 2. The highest BCUT2D eigenvalue weighted by atomic mass is 32.2. The van der Waals surface area contributed by atoms with Crippen LogP contribution in [-0.2, 0) is 26.1 Å². The third-order valence-corrected chi connectivity index (χ3v) is 6.10. The predicted octanol–water partition coefficient (Wildman–Crippen LogP) is 2.54. The van der Waals surface area contributed by atoms with Crippen LogP contribution >= 0.6 is 0 Å². The average Bonchev–Trinajstić information content (AvgIpc) is 3.20. The zero-order chi connectivity index (χ0) is 20.1. The lowest BCUT2D eigenvalue weighted by Gasteiger charge is -2.21. The number of methoxy groups -OCH3 is 1. The lowest BCUT2D eigenvalue weighted by atomic mass is 10.1. The third-order valence-electron chi connectivity index (χ3n) is 4.36. The second-order valence-corrected chi connectivity index (χ2v) is 8.17. The number of rotatable bonds is 7. The molecule has 3 rings (SSSR count). The van der Waals surface area contributed by atoms with Gasteiger partial charge in [-0.1, -0.05) is 42.5 Å². The van der Waals surface area contributed by atoms with Crippen LogP contribution in [0.5, 0.6) is 0 Å². The quantitative estimate of drug-likeness (QED) is 0.570. The van der Waals surface area contributed by atoms with Gasteiger partial charge in [-0.15, -0.1) is 0 Å². The molecule has 8 heteroatoms. The first-order valence-electron chi connectivity index (χ1n) is 8.63. The number of carbonyl (C=O) groups is 1. The molecule has 0 radical (unpaired) electrons. The van der Waals surface area contributed by atoms with Gasteiger partial charge in [0.2, 0.25) is 10.0 Å². The van der Waals surface area contributed by atoms with Gasteiger partial charge < -0.3 is 4.74 Å². The molecule has 0 aliphatic rings. The number of aryl methyl sites for hydroxylation is 1. The van der Waals surface area contributed by atoms with Crippen molar-refractivity contribution in [3.05, 3.63) is 78.1 Å². The van der Waals surface area contributed by atoms with Gasteiger partial charge in [0, 0.05) is 6.54 Å². The van der Waals surface area contributed by atoms with E-state index in [1.165, 1.54) is 24.2 Å². The molecule has 0 saturated carbocycles. The van der Waals surface area contributed by atoms with Crippen molar-refractivity contribution in [2.75, 3.05) is 13.7 Å². The molecule has 28 heavy (non-hydrogen) atoms. The maximum atomic E-state index is 13.2. The van der Waals surface area contributed by atoms with Crippen LogP contribution in [0.2, 0.25) is 0 Å². The Hall–Kier alpha value is -2.97. The van der Waals surface area contributed by atoms with Gasteiger partial charge in [0.05, 0.1) is 25.2 Å². The zero-order valence-corrected chi connectivity index (χ0v) is 16.5. The number of sulfonamides is 1. The molecule has 1 aromatic heterocycles. The Kier molecular flexibility index (Phi) is 5.91. The van der Waals surface area contributed by atoms with E-state index in [-0.39, 0.29) is 18.0 Å². The van der Waals surface area contributed by atoms with Crippen LogP contribution in [0, 0.1) is 6.92 Å². The third kappa shape index (κ3) is 4.29. The van der Waals surface area contributed by atoms with Crippen LogP contribution < -0.4 is 0 Å². The Labute approximate surface area is 164 Å². The number of hydrogen-bond donors (Lipinski definition) is 0. The summed E-state index contributed by atoms with van der Waals surface area (Å²) >= 11 is 0. The van der Waals surface area contributed by atoms with Crippen molar-refractivity contribution < 1.29 is 17.9 Å². The number of hydrogen-bond acceptors (Lipinski definition) is 5. The zero-order valence-electron chi connectivity index (χ0n) is 15.6. The van der Waals surface area contributed by atoms with Gasteiger partial charge in [0.1, 0.15) is 11.4 Å². The van der Waals surface area contributed by atoms with Crippen LogP contribution in [0.4, 0.5) is 0 Å². The molecule has 0 atom stereocenters. The maximum Gasteiger partial charge on any atom is 0.321 e. The molecule has 0 amide bonds. The molecular weight excluding hydrogens is 378 g/mol. The smallest absolute Gasteiger partial charge is 0.321 e. The van der Waals surface area contributed by atoms with E-state index in [4.69, 9.17) is 0 Å². The summed E-state index contributed by atoms with van der Waals surface area (Å²) in [6, 6.07) is 16.6. The second-order valence-electron chi connectivity index (χ2n) is 6.23. The second kappa shape index (κ2) is 8.37. The molecule has 146 valence electrons. The Morgan fingerprint density at radius 1 is 1.11 bits per heavy atom. The molecule has 0 unspecified atom stereocenters. The number of nitrogens with zero attached hydrogens (tertiary/aromatic N) is 3. The van der Waals surface area contributed by atoms with Crippen LogP contribution in [0.1, 0.15) is 11.1 Å². The summed E-state index contributed by atoms with van der Waals surface area (Å²) in [6.07, 6.45) is 2.72. The van der Waals surface area contributed by atoms with Crippen molar-refractivity contribution in [2.24, 2.45) is 0 Å². The Balaban J connectivity index is 1.95. The van der Waals surface area contributed by atoms with Crippen LogP contribution in [0.15, 0.2) is 71.9 Å². The monoisotopic (exact) mass is 399 g/mol. The highest BCUT2D eigenvalue weighted by Crippen LogP contribution is 2.21. The molecule has 0 fully saturated rings. The SMILES string of the molecule is COC(=O)CN(Cc1ccccc1C)S(=O)(=O)c1cnn(-c2ccccc2)c1. The molecule has 1 heterocycles. The minimum atomic E-state index is -3.96. The number of esters is 1. The van der Waals surface area contributed by atoms with Crippen LogP contribution in [0.25, 0.3) is 5.69 Å². The van der Waals surface area contributed by atoms with Crippen LogP contribution in [0.3, 0.4) is 0 Å². The molecule has 0 aliphatic carbocycles. The summed E-state index contributed by atoms with van der Waals surface area (Å²) in [7, 11) is -2.73. The fourth-order valence-electron chi connectivity index (χ4n) is 2.72. The summed E-state index contributed by atoms with van der Waals surface area (Å²) in [5, 5.41) is 4.15. The minimum Gasteiger partial charge on any atom is -0.468 e. The van der Waals surface area contributed by atoms with Gasteiger partial charge in [0.25, 0.3) is 0 Å². The minimum absolute atomic E-state index is 0.00819. The number of carbonyl (C=O) groups excluding carboxylic acids is 1. The Morgan fingerprint density at radius 3 is 2.46 bits per heavy atom. The first-order chi connectivity index (χ1) is 13.4. The Bertz CT molecular complexity index is 1060. The van der Waals surface area contributed by atoms with Gasteiger partial charge >= 0.3 is 5.97 Å². The summed E-state index contributed by atoms with van der Waals surface area (Å²) in [6.45, 7) is 1.57. The number of ether oxygens (including phenoxy) is 1. The molecule has 0 saturated heterocycles. The predicted molar refractivity (Wildman–Crippen MR) is 104 cm³/mol. The number of para-hydroxylation sites is 1. The van der Waals surface area contributed by atoms with E-state index in [2.05, 4.69) is 9.84 Å². The highest BCUT2D eigenvalue weighted by Gasteiger charge is 2.29. The van der Waals surface area contributed by atoms with Crippen molar-refractivity contribution in [2.45, 2.75) is 18.4 Å². The summed E-state index contributed by atoms with van der Waals surface area (Å²) in [4.78, 5) is 11.9. The van der Waals surface area contributed by atoms with E-state index < -0.39 is 16.0 Å². The van der Waals surface area contributed by atoms with E-state index in [0.29, 0.717) is 0 Å². The van der Waals surface area contributed by atoms with E-state index in [9.17, 15) is 13.2 Å². The lowest BCUT2D eigenvalue weighted by Crippen LogP contribution is -2.35. The van der Waals surface area contributed by atoms with E-state index in [1.807, 2.05) is 61.5 Å². The number of aromatic nitrogens is 2. The molecule has 3 aromatic rings. The van der Waals surface area contributed by atoms with Gasteiger partial charge in [-0.2, -0.15) is 9.40 Å². The van der Waals surface area contributed by atoms with Crippen molar-refractivity contribution in [1.29, 1.82) is 0 Å². The molecule has 0 spiro atoms. The summed E-state index contributed by atoms with van der Waals surface area (Å²) < 4.78 is 33.7. The molecule has 0 aliphatic heterocycles. The molecule has 0 N–H and O–H groups in total. The largest absolute Gasteiger partial charge is 0.468 e. The van der Waals surface area contributed by atoms with Crippen molar-refractivity contribution in [1.82, 2.24) is 14.1 Å². The van der Waals surface area contributed by atoms with Crippen molar-refractivity contribution >= 4 is 16.0 Å². The average molecular weight is 399 g/mol. The van der Waals surface area contributed by atoms with Gasteiger partial charge in [0.15, 0.2) is 0 Å².